The van der Waals surface area contributed by atoms with Crippen LogP contribution in [0.4, 0.5) is 0 Å². The molecule has 2 atom stereocenters. The summed E-state index contributed by atoms with van der Waals surface area (Å²) in [5.74, 6) is 0.217. The molecular weight excluding hydrogens is 358 g/mol. The van der Waals surface area contributed by atoms with Gasteiger partial charge in [0.15, 0.2) is 16.6 Å². The zero-order chi connectivity index (χ0) is 20.8. The molecule has 0 bridgehead atoms. The van der Waals surface area contributed by atoms with E-state index < -0.39 is 22.0 Å². The molecule has 0 radical (unpaired) electrons. The molecule has 1 aliphatic rings. The highest BCUT2D eigenvalue weighted by atomic mass is 28.4. The maximum Gasteiger partial charge on any atom is 0.223 e. The van der Waals surface area contributed by atoms with Crippen LogP contribution in [0.15, 0.2) is 0 Å². The number of carbonyl (C=O) groups is 2. The first kappa shape index (κ1) is 23.6. The van der Waals surface area contributed by atoms with Crippen LogP contribution in [0.5, 0.6) is 0 Å². The van der Waals surface area contributed by atoms with Crippen LogP contribution in [0.2, 0.25) is 36.3 Å². The second-order valence-electron chi connectivity index (χ2n) is 11.2. The van der Waals surface area contributed by atoms with Gasteiger partial charge in [-0.05, 0) is 36.5 Å². The summed E-state index contributed by atoms with van der Waals surface area (Å²) in [5, 5.41) is 0.232. The summed E-state index contributed by atoms with van der Waals surface area (Å²) in [7, 11) is -3.81. The molecule has 0 aromatic heterocycles. The normalized spacial score (nSPS) is 25.3. The number of aldehydes is 1. The van der Waals surface area contributed by atoms with Gasteiger partial charge in [0.25, 0.3) is 0 Å². The van der Waals surface area contributed by atoms with E-state index in [0.717, 1.165) is 6.29 Å². The van der Waals surface area contributed by atoms with Crippen molar-refractivity contribution in [3.63, 3.8) is 0 Å². The van der Waals surface area contributed by atoms with Gasteiger partial charge in [-0.15, -0.1) is 0 Å². The molecule has 1 heterocycles. The Hall–Kier alpha value is -0.466. The van der Waals surface area contributed by atoms with E-state index in [-0.39, 0.29) is 22.0 Å². The molecule has 0 aliphatic carbocycles. The molecule has 0 aromatic rings. The molecule has 1 amide bonds. The number of hydrogen-bond acceptors (Lipinski definition) is 3. The lowest BCUT2D eigenvalue weighted by Crippen LogP contribution is -2.77. The quantitative estimate of drug-likeness (QED) is 0.335. The van der Waals surface area contributed by atoms with Crippen LogP contribution < -0.4 is 0 Å². The lowest BCUT2D eigenvalue weighted by molar-refractivity contribution is -0.162. The van der Waals surface area contributed by atoms with Gasteiger partial charge in [-0.3, -0.25) is 4.79 Å². The van der Waals surface area contributed by atoms with Gasteiger partial charge in [0.2, 0.25) is 5.91 Å². The van der Waals surface area contributed by atoms with Gasteiger partial charge in [-0.2, -0.15) is 0 Å². The van der Waals surface area contributed by atoms with Crippen molar-refractivity contribution >= 4 is 28.7 Å². The topological polar surface area (TPSA) is 46.6 Å². The Morgan fingerprint density at radius 1 is 1.08 bits per heavy atom. The highest BCUT2D eigenvalue weighted by molar-refractivity contribution is 6.80. The fourth-order valence-corrected chi connectivity index (χ4v) is 6.95. The summed E-state index contributed by atoms with van der Waals surface area (Å²) in [6.07, 6.45) is 2.10. The van der Waals surface area contributed by atoms with E-state index in [0.29, 0.717) is 19.4 Å². The second-order valence-corrected chi connectivity index (χ2v) is 21.1. The average molecular weight is 400 g/mol. The first-order valence-electron chi connectivity index (χ1n) is 9.85. The smallest absolute Gasteiger partial charge is 0.223 e. The van der Waals surface area contributed by atoms with Crippen molar-refractivity contribution in [2.24, 2.45) is 5.41 Å². The number of amides is 1. The van der Waals surface area contributed by atoms with Crippen molar-refractivity contribution in [2.75, 3.05) is 6.61 Å². The van der Waals surface area contributed by atoms with Crippen LogP contribution in [0.3, 0.4) is 0 Å². The zero-order valence-electron chi connectivity index (χ0n) is 18.9. The van der Waals surface area contributed by atoms with E-state index in [2.05, 4.69) is 72.3 Å². The van der Waals surface area contributed by atoms with Crippen molar-refractivity contribution in [1.29, 1.82) is 0 Å². The summed E-state index contributed by atoms with van der Waals surface area (Å²) < 4.78 is 8.41. The third-order valence-electron chi connectivity index (χ3n) is 7.40. The van der Waals surface area contributed by atoms with Crippen LogP contribution in [0, 0.1) is 5.41 Å². The first-order chi connectivity index (χ1) is 11.4. The van der Waals surface area contributed by atoms with Gasteiger partial charge >= 0.3 is 0 Å². The molecule has 152 valence electrons. The first-order valence-corrected chi connectivity index (χ1v) is 15.7. The molecule has 0 saturated carbocycles. The predicted octanol–water partition coefficient (Wildman–Crippen LogP) is 5.21. The monoisotopic (exact) mass is 399 g/mol. The molecule has 0 N–H and O–H groups in total. The van der Waals surface area contributed by atoms with E-state index in [1.54, 1.807) is 0 Å². The molecule has 2 unspecified atom stereocenters. The fraction of sp³-hybridized carbons (Fsp3) is 0.900. The van der Waals surface area contributed by atoms with E-state index in [9.17, 15) is 9.59 Å². The molecular formula is C20H41NO3Si2. The van der Waals surface area contributed by atoms with E-state index >= 15 is 0 Å². The Balaban J connectivity index is 2.95. The number of nitrogens with zero attached hydrogens (tertiary/aromatic N) is 1. The van der Waals surface area contributed by atoms with Crippen molar-refractivity contribution in [3.05, 3.63) is 0 Å². The lowest BCUT2D eigenvalue weighted by Gasteiger charge is -2.63. The average Bonchev–Trinajstić information content (AvgIpc) is 2.43. The molecule has 6 heteroatoms. The van der Waals surface area contributed by atoms with Crippen LogP contribution in [-0.2, 0) is 14.0 Å². The van der Waals surface area contributed by atoms with Crippen molar-refractivity contribution in [2.45, 2.75) is 104 Å². The number of hydrogen-bond donors (Lipinski definition) is 0. The number of rotatable bonds is 7. The van der Waals surface area contributed by atoms with Gasteiger partial charge in [-0.25, -0.2) is 0 Å². The standard InChI is InChI=1S/C20H41NO3Si2/c1-18(2,3)25(8,9)21-16(12-14-22)20(7,17(21)23)13-15-24-26(10,11)19(4,5)6/h14,16H,12-13,15H2,1-11H3. The third-order valence-corrected chi connectivity index (χ3v) is 17.3. The van der Waals surface area contributed by atoms with E-state index in [1.807, 2.05) is 6.92 Å². The van der Waals surface area contributed by atoms with Crippen LogP contribution >= 0.6 is 0 Å². The van der Waals surface area contributed by atoms with Gasteiger partial charge in [0, 0.05) is 19.1 Å². The van der Waals surface area contributed by atoms with Gasteiger partial charge < -0.3 is 13.8 Å². The molecule has 1 rings (SSSR count). The SMILES string of the molecule is CC1(CCO[Si](C)(C)C(C)(C)C)C(=O)N([Si](C)(C)C(C)(C)C)C1CC=O. The van der Waals surface area contributed by atoms with E-state index in [1.165, 1.54) is 0 Å². The van der Waals surface area contributed by atoms with Gasteiger partial charge in [0.05, 0.1) is 5.41 Å². The molecule has 1 aliphatic heterocycles. The summed E-state index contributed by atoms with van der Waals surface area (Å²) in [6, 6.07) is 0.0106. The summed E-state index contributed by atoms with van der Waals surface area (Å²) in [4.78, 5) is 24.6. The van der Waals surface area contributed by atoms with Crippen molar-refractivity contribution < 1.29 is 14.0 Å². The van der Waals surface area contributed by atoms with Crippen molar-refractivity contribution in [1.82, 2.24) is 4.57 Å². The second kappa shape index (κ2) is 7.17. The molecule has 1 fully saturated rings. The Kier molecular flexibility index (Phi) is 6.50. The lowest BCUT2D eigenvalue weighted by atomic mass is 9.70. The molecule has 0 aromatic carbocycles. The Labute approximate surface area is 163 Å². The molecule has 0 spiro atoms. The third kappa shape index (κ3) is 4.02. The summed E-state index contributed by atoms with van der Waals surface area (Å²) in [5.41, 5.74) is -0.473. The number of β-lactam (4-membered cyclic amide) rings is 1. The molecule has 1 saturated heterocycles. The van der Waals surface area contributed by atoms with Gasteiger partial charge in [0.1, 0.15) is 6.29 Å². The Morgan fingerprint density at radius 3 is 1.96 bits per heavy atom. The zero-order valence-corrected chi connectivity index (χ0v) is 20.9. The van der Waals surface area contributed by atoms with Crippen LogP contribution in [-0.4, -0.2) is 46.0 Å². The highest BCUT2D eigenvalue weighted by Crippen LogP contribution is 2.51. The predicted molar refractivity (Wildman–Crippen MR) is 114 cm³/mol. The summed E-state index contributed by atoms with van der Waals surface area (Å²) in [6.45, 7) is 24.9. The van der Waals surface area contributed by atoms with Crippen LogP contribution in [0.1, 0.15) is 61.3 Å². The minimum absolute atomic E-state index is 0.0106. The fourth-order valence-electron chi connectivity index (χ4n) is 3.25. The van der Waals surface area contributed by atoms with Crippen LogP contribution in [0.25, 0.3) is 0 Å². The minimum Gasteiger partial charge on any atom is -0.417 e. The maximum absolute atomic E-state index is 13.2. The highest BCUT2D eigenvalue weighted by Gasteiger charge is 2.63. The number of carbonyl (C=O) groups excluding carboxylic acids is 2. The largest absolute Gasteiger partial charge is 0.417 e. The minimum atomic E-state index is -1.99. The maximum atomic E-state index is 13.2. The molecule has 26 heavy (non-hydrogen) atoms. The van der Waals surface area contributed by atoms with Crippen molar-refractivity contribution in [3.8, 4) is 0 Å². The van der Waals surface area contributed by atoms with E-state index in [4.69, 9.17) is 4.43 Å². The summed E-state index contributed by atoms with van der Waals surface area (Å²) >= 11 is 0. The Bertz CT molecular complexity index is 546. The Morgan fingerprint density at radius 2 is 1.58 bits per heavy atom. The molecule has 4 nitrogen and oxygen atoms in total. The van der Waals surface area contributed by atoms with Gasteiger partial charge in [-0.1, -0.05) is 54.6 Å².